The maximum Gasteiger partial charge on any atom is 0.516 e. The minimum absolute atomic E-state index is 0.181. The van der Waals surface area contributed by atoms with Crippen LogP contribution in [0.3, 0.4) is 0 Å². The van der Waals surface area contributed by atoms with Crippen molar-refractivity contribution < 1.29 is 26.4 Å². The van der Waals surface area contributed by atoms with Crippen molar-refractivity contribution in [2.45, 2.75) is 63.3 Å². The summed E-state index contributed by atoms with van der Waals surface area (Å²) in [5.41, 5.74) is -5.44. The summed E-state index contributed by atoms with van der Waals surface area (Å²) >= 11 is 1.84. The third kappa shape index (κ3) is 8.83. The first-order valence-electron chi connectivity index (χ1n) is 7.71. The van der Waals surface area contributed by atoms with E-state index in [1.807, 2.05) is 11.8 Å². The van der Waals surface area contributed by atoms with Gasteiger partial charge in [0.2, 0.25) is 5.91 Å². The van der Waals surface area contributed by atoms with Crippen LogP contribution < -0.4 is 0 Å². The molecule has 0 bridgehead atoms. The number of nitrogens with zero attached hydrogens (tertiary/aromatic N) is 1. The Morgan fingerprint density at radius 3 is 1.83 bits per heavy atom. The molecule has 0 fully saturated rings. The van der Waals surface area contributed by atoms with E-state index in [1.54, 1.807) is 0 Å². The van der Waals surface area contributed by atoms with Crippen LogP contribution in [0, 0.1) is 0 Å². The summed E-state index contributed by atoms with van der Waals surface area (Å²) in [6, 6.07) is 0. The maximum atomic E-state index is 12.3. The number of hydrogen-bond donors (Lipinski definition) is 0. The van der Waals surface area contributed by atoms with Crippen molar-refractivity contribution in [3.63, 3.8) is 0 Å². The summed E-state index contributed by atoms with van der Waals surface area (Å²) in [4.78, 5) is 11.5. The third-order valence-electron chi connectivity index (χ3n) is 3.49. The van der Waals surface area contributed by atoms with Gasteiger partial charge in [0.1, 0.15) is 0 Å². The van der Waals surface area contributed by atoms with Gasteiger partial charge in [0.05, 0.1) is 0 Å². The van der Waals surface area contributed by atoms with Crippen molar-refractivity contribution in [3.8, 4) is 0 Å². The molecule has 0 N–H and O–H groups in total. The second kappa shape index (κ2) is 11.2. The Hall–Kier alpha value is -0.440. The molecule has 0 spiro atoms. The molecule has 4 nitrogen and oxygen atoms in total. The van der Waals surface area contributed by atoms with Crippen LogP contribution >= 0.6 is 11.8 Å². The molecule has 0 aliphatic carbocycles. The van der Waals surface area contributed by atoms with E-state index in [4.69, 9.17) is 0 Å². The summed E-state index contributed by atoms with van der Waals surface area (Å²) in [6.07, 6.45) is 9.68. The van der Waals surface area contributed by atoms with Crippen molar-refractivity contribution in [1.29, 1.82) is 0 Å². The van der Waals surface area contributed by atoms with Gasteiger partial charge in [-0.2, -0.15) is 33.4 Å². The highest BCUT2D eigenvalue weighted by atomic mass is 32.2. The molecule has 0 aromatic carbocycles. The number of hydrogen-bond acceptors (Lipinski definition) is 4. The Morgan fingerprint density at radius 2 is 1.39 bits per heavy atom. The van der Waals surface area contributed by atoms with Crippen molar-refractivity contribution in [2.24, 2.45) is 0 Å². The van der Waals surface area contributed by atoms with E-state index >= 15 is 0 Å². The molecule has 0 saturated heterocycles. The first kappa shape index (κ1) is 22.6. The van der Waals surface area contributed by atoms with E-state index in [0.29, 0.717) is 13.5 Å². The highest BCUT2D eigenvalue weighted by Crippen LogP contribution is 2.26. The molecule has 0 heterocycles. The Balaban J connectivity index is 3.80. The van der Waals surface area contributed by atoms with Crippen LogP contribution in [0.2, 0.25) is 0 Å². The van der Waals surface area contributed by atoms with Gasteiger partial charge in [-0.1, -0.05) is 38.5 Å². The van der Waals surface area contributed by atoms with Crippen LogP contribution in [0.5, 0.6) is 0 Å². The summed E-state index contributed by atoms with van der Waals surface area (Å²) in [5, 5.41) is 0. The van der Waals surface area contributed by atoms with Gasteiger partial charge in [0, 0.05) is 13.5 Å². The maximum absolute atomic E-state index is 12.3. The molecule has 0 rings (SSSR count). The molecule has 1 amide bonds. The quantitative estimate of drug-likeness (QED) is 0.479. The normalized spacial score (nSPS) is 12.4. The van der Waals surface area contributed by atoms with E-state index in [2.05, 4.69) is 6.26 Å². The predicted octanol–water partition coefficient (Wildman–Crippen LogP) is 4.17. The average Bonchev–Trinajstić information content (AvgIpc) is 2.46. The number of amides is 1. The lowest BCUT2D eigenvalue weighted by atomic mass is 10.1. The number of alkyl halides is 3. The molecule has 0 aromatic rings. The number of sulfonamides is 1. The molecular formula is C14H26F3NO3S2. The Morgan fingerprint density at radius 1 is 0.957 bits per heavy atom. The van der Waals surface area contributed by atoms with Crippen LogP contribution in [-0.2, 0) is 14.8 Å². The van der Waals surface area contributed by atoms with Gasteiger partial charge in [-0.25, -0.2) is 4.31 Å². The van der Waals surface area contributed by atoms with Crippen LogP contribution in [0.1, 0.15) is 57.8 Å². The minimum Gasteiger partial charge on any atom is -0.274 e. The largest absolute Gasteiger partial charge is 0.516 e. The van der Waals surface area contributed by atoms with Crippen molar-refractivity contribution in [2.75, 3.05) is 19.1 Å². The zero-order valence-corrected chi connectivity index (χ0v) is 15.3. The lowest BCUT2D eigenvalue weighted by molar-refractivity contribution is -0.127. The predicted molar refractivity (Wildman–Crippen MR) is 87.7 cm³/mol. The first-order chi connectivity index (χ1) is 10.6. The van der Waals surface area contributed by atoms with E-state index < -0.39 is 21.4 Å². The second-order valence-electron chi connectivity index (χ2n) is 5.38. The van der Waals surface area contributed by atoms with Crippen LogP contribution in [0.15, 0.2) is 0 Å². The number of halogens is 3. The van der Waals surface area contributed by atoms with Gasteiger partial charge < -0.3 is 0 Å². The van der Waals surface area contributed by atoms with E-state index in [0.717, 1.165) is 25.7 Å². The van der Waals surface area contributed by atoms with E-state index in [1.165, 1.54) is 25.0 Å². The smallest absolute Gasteiger partial charge is 0.274 e. The van der Waals surface area contributed by atoms with Crippen LogP contribution in [-0.4, -0.2) is 43.2 Å². The standard InChI is InChI=1S/C14H26F3NO3S2/c1-18(23(20,21)14(15,16)17)13(19)11-9-7-5-3-4-6-8-10-12-22-2/h3-12H2,1-2H3. The lowest BCUT2D eigenvalue weighted by Gasteiger charge is -2.18. The molecular weight excluding hydrogens is 351 g/mol. The fourth-order valence-electron chi connectivity index (χ4n) is 2.03. The highest BCUT2D eigenvalue weighted by Gasteiger charge is 2.50. The summed E-state index contributed by atoms with van der Waals surface area (Å²) in [5.74, 6) is 0.163. The minimum atomic E-state index is -5.56. The first-order valence-corrected chi connectivity index (χ1v) is 10.5. The van der Waals surface area contributed by atoms with Gasteiger partial charge in [0.15, 0.2) is 0 Å². The fraction of sp³-hybridized carbons (Fsp3) is 0.929. The van der Waals surface area contributed by atoms with Crippen LogP contribution in [0.4, 0.5) is 13.2 Å². The average molecular weight is 377 g/mol. The van der Waals surface area contributed by atoms with Crippen molar-refractivity contribution >= 4 is 27.7 Å². The zero-order valence-electron chi connectivity index (χ0n) is 13.7. The van der Waals surface area contributed by atoms with Crippen molar-refractivity contribution in [1.82, 2.24) is 4.31 Å². The molecule has 0 aromatic heterocycles. The molecule has 9 heteroatoms. The monoisotopic (exact) mass is 377 g/mol. The van der Waals surface area contributed by atoms with Gasteiger partial charge >= 0.3 is 15.5 Å². The summed E-state index contributed by atoms with van der Waals surface area (Å²) < 4.78 is 58.8. The number of unbranched alkanes of at least 4 members (excludes halogenated alkanes) is 7. The molecule has 23 heavy (non-hydrogen) atoms. The number of thioether (sulfide) groups is 1. The second-order valence-corrected chi connectivity index (χ2v) is 8.33. The number of carbonyl (C=O) groups excluding carboxylic acids is 1. The van der Waals surface area contributed by atoms with Crippen LogP contribution in [0.25, 0.3) is 0 Å². The number of rotatable bonds is 12. The zero-order chi connectivity index (χ0) is 17.9. The molecule has 0 aliphatic rings. The summed E-state index contributed by atoms with van der Waals surface area (Å²) in [6.45, 7) is 0. The summed E-state index contributed by atoms with van der Waals surface area (Å²) in [7, 11) is -4.90. The Kier molecular flexibility index (Phi) is 11.0. The van der Waals surface area contributed by atoms with Gasteiger partial charge in [-0.05, 0) is 24.9 Å². The molecule has 0 atom stereocenters. The lowest BCUT2D eigenvalue weighted by Crippen LogP contribution is -2.41. The topological polar surface area (TPSA) is 54.5 Å². The number of carbonyl (C=O) groups is 1. The molecule has 0 unspecified atom stereocenters. The van der Waals surface area contributed by atoms with E-state index in [9.17, 15) is 26.4 Å². The molecule has 138 valence electrons. The molecule has 0 radical (unpaired) electrons. The van der Waals surface area contributed by atoms with Gasteiger partial charge in [-0.15, -0.1) is 0 Å². The fourth-order valence-corrected chi connectivity index (χ4v) is 3.19. The third-order valence-corrected chi connectivity index (χ3v) is 5.70. The molecule has 0 saturated carbocycles. The SMILES string of the molecule is CSCCCCCCCCCCC(=O)N(C)S(=O)(=O)C(F)(F)F. The Bertz CT molecular complexity index is 439. The Labute approximate surface area is 141 Å². The van der Waals surface area contributed by atoms with E-state index in [-0.39, 0.29) is 10.7 Å². The van der Waals surface area contributed by atoms with Crippen molar-refractivity contribution in [3.05, 3.63) is 0 Å². The van der Waals surface area contributed by atoms with Gasteiger partial charge in [-0.3, -0.25) is 4.79 Å². The molecule has 0 aliphatic heterocycles. The van der Waals surface area contributed by atoms with Gasteiger partial charge in [0.25, 0.3) is 0 Å². The highest BCUT2D eigenvalue weighted by molar-refractivity contribution is 7.98.